The summed E-state index contributed by atoms with van der Waals surface area (Å²) in [7, 11) is 0. The Bertz CT molecular complexity index is 537. The number of pyridine rings is 2. The van der Waals surface area contributed by atoms with Crippen LogP contribution in [0.3, 0.4) is 0 Å². The second-order valence-electron chi connectivity index (χ2n) is 2.87. The zero-order valence-electron chi connectivity index (χ0n) is 7.52. The molecule has 0 amide bonds. The Labute approximate surface area is 103 Å². The van der Waals surface area contributed by atoms with Crippen molar-refractivity contribution in [3.63, 3.8) is 0 Å². The lowest BCUT2D eigenvalue weighted by Gasteiger charge is -2.05. The van der Waals surface area contributed by atoms with Gasteiger partial charge in [0.2, 0.25) is 0 Å². The average Bonchev–Trinajstić information content (AvgIpc) is 2.24. The van der Waals surface area contributed by atoms with Gasteiger partial charge < -0.3 is 0 Å². The number of nitrogens with zero attached hydrogens (tertiary/aromatic N) is 2. The first kappa shape index (κ1) is 10.6. The van der Waals surface area contributed by atoms with Crippen LogP contribution in [0.25, 0.3) is 5.82 Å². The predicted octanol–water partition coefficient (Wildman–Crippen LogP) is 2.76. The summed E-state index contributed by atoms with van der Waals surface area (Å²) in [6.07, 6.45) is 3.34. The molecule has 0 atom stereocenters. The number of hydrogen-bond acceptors (Lipinski definition) is 2. The molecule has 2 aromatic rings. The van der Waals surface area contributed by atoms with E-state index in [4.69, 9.17) is 0 Å². The molecule has 3 nitrogen and oxygen atoms in total. The van der Waals surface area contributed by atoms with Gasteiger partial charge in [0, 0.05) is 16.9 Å². The van der Waals surface area contributed by atoms with Gasteiger partial charge in [-0.1, -0.05) is 6.07 Å². The van der Waals surface area contributed by atoms with E-state index >= 15 is 0 Å². The summed E-state index contributed by atoms with van der Waals surface area (Å²) >= 11 is 6.53. The zero-order chi connectivity index (χ0) is 10.8. The number of halogens is 2. The molecule has 5 heteroatoms. The summed E-state index contributed by atoms with van der Waals surface area (Å²) in [4.78, 5) is 15.9. The third-order valence-electron chi connectivity index (χ3n) is 1.84. The molecule has 76 valence electrons. The Balaban J connectivity index is 2.69. The van der Waals surface area contributed by atoms with E-state index in [1.54, 1.807) is 24.5 Å². The van der Waals surface area contributed by atoms with Crippen LogP contribution >= 0.6 is 31.9 Å². The Hall–Kier alpha value is -0.940. The van der Waals surface area contributed by atoms with Crippen molar-refractivity contribution >= 4 is 31.9 Å². The van der Waals surface area contributed by atoms with Gasteiger partial charge in [-0.15, -0.1) is 0 Å². The minimum atomic E-state index is -0.128. The van der Waals surface area contributed by atoms with Crippen LogP contribution in [0.1, 0.15) is 0 Å². The topological polar surface area (TPSA) is 34.9 Å². The highest BCUT2D eigenvalue weighted by Crippen LogP contribution is 2.14. The molecule has 0 radical (unpaired) electrons. The van der Waals surface area contributed by atoms with E-state index in [0.29, 0.717) is 10.3 Å². The minimum Gasteiger partial charge on any atom is -0.268 e. The van der Waals surface area contributed by atoms with Crippen molar-refractivity contribution in [2.75, 3.05) is 0 Å². The van der Waals surface area contributed by atoms with Crippen LogP contribution < -0.4 is 5.56 Å². The zero-order valence-corrected chi connectivity index (χ0v) is 10.7. The number of rotatable bonds is 1. The minimum absolute atomic E-state index is 0.128. The fraction of sp³-hybridized carbons (Fsp3) is 0. The SMILES string of the molecule is O=c1c(Br)cc(Br)cn1-c1ccccn1. The van der Waals surface area contributed by atoms with Crippen LogP contribution in [-0.2, 0) is 0 Å². The predicted molar refractivity (Wildman–Crippen MR) is 65.2 cm³/mol. The first-order chi connectivity index (χ1) is 7.18. The molecular weight excluding hydrogens is 324 g/mol. The molecule has 0 saturated carbocycles. The lowest BCUT2D eigenvalue weighted by molar-refractivity contribution is 0.928. The van der Waals surface area contributed by atoms with Crippen molar-refractivity contribution in [3.8, 4) is 5.82 Å². The van der Waals surface area contributed by atoms with E-state index in [-0.39, 0.29) is 5.56 Å². The second-order valence-corrected chi connectivity index (χ2v) is 4.64. The number of hydrogen-bond donors (Lipinski definition) is 0. The van der Waals surface area contributed by atoms with Gasteiger partial charge in [0.05, 0.1) is 4.47 Å². The molecular formula is C10H6Br2N2O. The quantitative estimate of drug-likeness (QED) is 0.806. The van der Waals surface area contributed by atoms with E-state index in [1.807, 2.05) is 12.1 Å². The Morgan fingerprint density at radius 1 is 1.27 bits per heavy atom. The molecule has 0 saturated heterocycles. The van der Waals surface area contributed by atoms with Gasteiger partial charge in [-0.25, -0.2) is 4.98 Å². The van der Waals surface area contributed by atoms with Gasteiger partial charge in [0.25, 0.3) is 5.56 Å². The highest BCUT2D eigenvalue weighted by atomic mass is 79.9. The Morgan fingerprint density at radius 3 is 2.73 bits per heavy atom. The van der Waals surface area contributed by atoms with Crippen LogP contribution in [0.2, 0.25) is 0 Å². The van der Waals surface area contributed by atoms with Gasteiger partial charge in [-0.05, 0) is 50.1 Å². The van der Waals surface area contributed by atoms with Crippen molar-refractivity contribution in [1.82, 2.24) is 9.55 Å². The van der Waals surface area contributed by atoms with Gasteiger partial charge in [-0.2, -0.15) is 0 Å². The highest BCUT2D eigenvalue weighted by molar-refractivity contribution is 9.11. The molecule has 15 heavy (non-hydrogen) atoms. The average molecular weight is 330 g/mol. The molecule has 2 heterocycles. The third kappa shape index (κ3) is 2.18. The third-order valence-corrected chi connectivity index (χ3v) is 2.84. The van der Waals surface area contributed by atoms with E-state index in [1.165, 1.54) is 4.57 Å². The normalized spacial score (nSPS) is 10.3. The van der Waals surface area contributed by atoms with Gasteiger partial charge in [-0.3, -0.25) is 9.36 Å². The standard InChI is InChI=1S/C10H6Br2N2O/c11-7-5-8(12)10(15)14(6-7)9-3-1-2-4-13-9/h1-6H. The molecule has 0 fully saturated rings. The molecule has 0 bridgehead atoms. The first-order valence-corrected chi connectivity index (χ1v) is 5.76. The monoisotopic (exact) mass is 328 g/mol. The summed E-state index contributed by atoms with van der Waals surface area (Å²) in [6, 6.07) is 7.13. The molecule has 0 N–H and O–H groups in total. The summed E-state index contributed by atoms with van der Waals surface area (Å²) in [6.45, 7) is 0. The molecule has 0 unspecified atom stereocenters. The van der Waals surface area contributed by atoms with Crippen molar-refractivity contribution in [3.05, 3.63) is 56.0 Å². The molecule has 0 aliphatic rings. The fourth-order valence-corrected chi connectivity index (χ4v) is 2.36. The largest absolute Gasteiger partial charge is 0.270 e. The smallest absolute Gasteiger partial charge is 0.268 e. The maximum atomic E-state index is 11.8. The molecule has 0 aliphatic carbocycles. The van der Waals surface area contributed by atoms with Gasteiger partial charge >= 0.3 is 0 Å². The van der Waals surface area contributed by atoms with E-state index in [9.17, 15) is 4.79 Å². The van der Waals surface area contributed by atoms with Crippen LogP contribution in [0.4, 0.5) is 0 Å². The molecule has 0 aromatic carbocycles. The van der Waals surface area contributed by atoms with Gasteiger partial charge in [0.1, 0.15) is 5.82 Å². The lowest BCUT2D eigenvalue weighted by atomic mass is 10.4. The summed E-state index contributed by atoms with van der Waals surface area (Å²) in [5.41, 5.74) is -0.128. The lowest BCUT2D eigenvalue weighted by Crippen LogP contribution is -2.19. The number of aromatic nitrogens is 2. The van der Waals surface area contributed by atoms with Crippen molar-refractivity contribution in [2.45, 2.75) is 0 Å². The van der Waals surface area contributed by atoms with E-state index < -0.39 is 0 Å². The van der Waals surface area contributed by atoms with Crippen LogP contribution in [-0.4, -0.2) is 9.55 Å². The van der Waals surface area contributed by atoms with E-state index in [0.717, 1.165) is 4.47 Å². The van der Waals surface area contributed by atoms with Crippen molar-refractivity contribution in [1.29, 1.82) is 0 Å². The van der Waals surface area contributed by atoms with Crippen molar-refractivity contribution in [2.24, 2.45) is 0 Å². The van der Waals surface area contributed by atoms with Gasteiger partial charge in [0.15, 0.2) is 0 Å². The van der Waals surface area contributed by atoms with Crippen LogP contribution in [0.5, 0.6) is 0 Å². The summed E-state index contributed by atoms with van der Waals surface area (Å²) < 4.78 is 2.80. The Morgan fingerprint density at radius 2 is 2.07 bits per heavy atom. The molecule has 2 aromatic heterocycles. The van der Waals surface area contributed by atoms with Crippen molar-refractivity contribution < 1.29 is 0 Å². The summed E-state index contributed by atoms with van der Waals surface area (Å²) in [5, 5.41) is 0. The fourth-order valence-electron chi connectivity index (χ4n) is 1.18. The second kappa shape index (κ2) is 4.28. The molecule has 2 rings (SSSR count). The highest BCUT2D eigenvalue weighted by Gasteiger charge is 2.05. The van der Waals surface area contributed by atoms with Crippen LogP contribution in [0, 0.1) is 0 Å². The maximum Gasteiger partial charge on any atom is 0.270 e. The molecule has 0 spiro atoms. The van der Waals surface area contributed by atoms with E-state index in [2.05, 4.69) is 36.8 Å². The maximum absolute atomic E-state index is 11.8. The molecule has 0 aliphatic heterocycles. The Kier molecular flexibility index (Phi) is 3.02. The first-order valence-electron chi connectivity index (χ1n) is 4.17. The van der Waals surface area contributed by atoms with Crippen LogP contribution in [0.15, 0.2) is 50.4 Å². The summed E-state index contributed by atoms with van der Waals surface area (Å²) in [5.74, 6) is 0.601.